The molecule has 21 heavy (non-hydrogen) atoms. The lowest BCUT2D eigenvalue weighted by molar-refractivity contribution is 0.196. The predicted molar refractivity (Wildman–Crippen MR) is 85.2 cm³/mol. The summed E-state index contributed by atoms with van der Waals surface area (Å²) in [6, 6.07) is 9.85. The van der Waals surface area contributed by atoms with Gasteiger partial charge in [0.1, 0.15) is 5.76 Å². The number of halogens is 1. The smallest absolute Gasteiger partial charge is 0.133 e. The maximum atomic E-state index is 6.35. The van der Waals surface area contributed by atoms with Crippen LogP contribution in [0.5, 0.6) is 0 Å². The number of nitrogens with zero attached hydrogens (tertiary/aromatic N) is 2. The molecule has 0 fully saturated rings. The van der Waals surface area contributed by atoms with Gasteiger partial charge in [0.15, 0.2) is 0 Å². The lowest BCUT2D eigenvalue weighted by Crippen LogP contribution is -2.38. The van der Waals surface area contributed by atoms with Crippen LogP contribution in [0.15, 0.2) is 34.9 Å². The molecule has 0 aliphatic rings. The zero-order valence-corrected chi connectivity index (χ0v) is 13.5. The quantitative estimate of drug-likeness (QED) is 0.886. The first-order valence-electron chi connectivity index (χ1n) is 7.15. The van der Waals surface area contributed by atoms with E-state index < -0.39 is 0 Å². The summed E-state index contributed by atoms with van der Waals surface area (Å²) < 4.78 is 5.13. The number of likely N-dealkylation sites (N-methyl/N-ethyl adjacent to an activating group) is 1. The van der Waals surface area contributed by atoms with Crippen molar-refractivity contribution < 1.29 is 4.52 Å². The number of aromatic nitrogens is 1. The Morgan fingerprint density at radius 3 is 2.67 bits per heavy atom. The van der Waals surface area contributed by atoms with E-state index in [0.717, 1.165) is 28.5 Å². The van der Waals surface area contributed by atoms with Crippen molar-refractivity contribution in [1.29, 1.82) is 0 Å². The number of rotatable bonds is 6. The first kappa shape index (κ1) is 16.0. The van der Waals surface area contributed by atoms with E-state index in [9.17, 15) is 0 Å². The van der Waals surface area contributed by atoms with Crippen LogP contribution in [0.2, 0.25) is 5.02 Å². The van der Waals surface area contributed by atoms with Crippen LogP contribution >= 0.6 is 11.6 Å². The fraction of sp³-hybridized carbons (Fsp3) is 0.438. The standard InChI is InChI=1S/C16H22ClN3O/c1-4-15(18)16(13-7-5-6-8-14(13)17)20(3)10-12-9-11(2)21-19-12/h5-9,15-16H,4,10,18H2,1-3H3. The Hall–Kier alpha value is -1.36. The summed E-state index contributed by atoms with van der Waals surface area (Å²) in [4.78, 5) is 2.17. The average molecular weight is 308 g/mol. The summed E-state index contributed by atoms with van der Waals surface area (Å²) in [5, 5.41) is 4.79. The maximum Gasteiger partial charge on any atom is 0.133 e. The molecule has 0 radical (unpaired) electrons. The third kappa shape index (κ3) is 3.84. The molecule has 2 aromatic rings. The average Bonchev–Trinajstić information content (AvgIpc) is 2.86. The first-order valence-corrected chi connectivity index (χ1v) is 7.53. The molecule has 0 aliphatic carbocycles. The number of hydrogen-bond acceptors (Lipinski definition) is 4. The predicted octanol–water partition coefficient (Wildman–Crippen LogP) is 3.55. The molecule has 0 amide bonds. The van der Waals surface area contributed by atoms with E-state index in [4.69, 9.17) is 21.9 Å². The molecule has 1 aromatic carbocycles. The molecule has 0 aliphatic heterocycles. The van der Waals surface area contributed by atoms with Crippen molar-refractivity contribution in [1.82, 2.24) is 10.1 Å². The molecule has 5 heteroatoms. The lowest BCUT2D eigenvalue weighted by atomic mass is 9.96. The summed E-state index contributed by atoms with van der Waals surface area (Å²) >= 11 is 6.35. The maximum absolute atomic E-state index is 6.35. The monoisotopic (exact) mass is 307 g/mol. The van der Waals surface area contributed by atoms with Crippen molar-refractivity contribution >= 4 is 11.6 Å². The van der Waals surface area contributed by atoms with Crippen molar-refractivity contribution in [3.63, 3.8) is 0 Å². The van der Waals surface area contributed by atoms with Crippen molar-refractivity contribution in [3.8, 4) is 0 Å². The normalized spacial score (nSPS) is 14.4. The molecule has 114 valence electrons. The van der Waals surface area contributed by atoms with Gasteiger partial charge in [-0.15, -0.1) is 0 Å². The van der Waals surface area contributed by atoms with Gasteiger partial charge in [-0.1, -0.05) is 41.9 Å². The molecule has 0 spiro atoms. The van der Waals surface area contributed by atoms with Crippen LogP contribution < -0.4 is 5.73 Å². The van der Waals surface area contributed by atoms with Crippen molar-refractivity contribution in [3.05, 3.63) is 52.4 Å². The fourth-order valence-corrected chi connectivity index (χ4v) is 2.83. The van der Waals surface area contributed by atoms with Gasteiger partial charge >= 0.3 is 0 Å². The Kier molecular flexibility index (Phi) is 5.39. The third-order valence-corrected chi connectivity index (χ3v) is 4.01. The highest BCUT2D eigenvalue weighted by Crippen LogP contribution is 2.30. The van der Waals surface area contributed by atoms with Gasteiger partial charge in [0.2, 0.25) is 0 Å². The minimum absolute atomic E-state index is 0.00268. The van der Waals surface area contributed by atoms with Crippen LogP contribution in [0, 0.1) is 6.92 Å². The number of hydrogen-bond donors (Lipinski definition) is 1. The van der Waals surface area contributed by atoms with Crippen LogP contribution in [0.25, 0.3) is 0 Å². The second-order valence-electron chi connectivity index (χ2n) is 5.38. The van der Waals surface area contributed by atoms with Crippen molar-refractivity contribution in [2.45, 2.75) is 38.9 Å². The van der Waals surface area contributed by atoms with E-state index in [2.05, 4.69) is 17.0 Å². The highest BCUT2D eigenvalue weighted by Gasteiger charge is 2.25. The SMILES string of the molecule is CCC(N)C(c1ccccc1Cl)N(C)Cc1cc(C)on1. The molecule has 2 atom stereocenters. The minimum atomic E-state index is 0.00268. The van der Waals surface area contributed by atoms with E-state index in [1.807, 2.05) is 44.3 Å². The first-order chi connectivity index (χ1) is 10.0. The summed E-state index contributed by atoms with van der Waals surface area (Å²) in [7, 11) is 2.04. The van der Waals surface area contributed by atoms with Gasteiger partial charge in [0.25, 0.3) is 0 Å². The van der Waals surface area contributed by atoms with E-state index in [1.54, 1.807) is 0 Å². The highest BCUT2D eigenvalue weighted by atomic mass is 35.5. The van der Waals surface area contributed by atoms with Crippen molar-refractivity contribution in [2.24, 2.45) is 5.73 Å². The summed E-state index contributed by atoms with van der Waals surface area (Å²) in [5.74, 6) is 0.812. The van der Waals surface area contributed by atoms with E-state index >= 15 is 0 Å². The highest BCUT2D eigenvalue weighted by molar-refractivity contribution is 6.31. The van der Waals surface area contributed by atoms with E-state index in [1.165, 1.54) is 0 Å². The molecule has 0 bridgehead atoms. The topological polar surface area (TPSA) is 55.3 Å². The molecule has 0 saturated carbocycles. The number of benzene rings is 1. The molecule has 2 unspecified atom stereocenters. The fourth-order valence-electron chi connectivity index (χ4n) is 2.58. The Labute approximate surface area is 130 Å². The van der Waals surface area contributed by atoms with Crippen LogP contribution in [0.4, 0.5) is 0 Å². The molecule has 1 heterocycles. The number of nitrogens with two attached hydrogens (primary N) is 1. The van der Waals surface area contributed by atoms with E-state index in [-0.39, 0.29) is 12.1 Å². The van der Waals surface area contributed by atoms with Crippen molar-refractivity contribution in [2.75, 3.05) is 7.05 Å². The van der Waals surface area contributed by atoms with Gasteiger partial charge in [-0.25, -0.2) is 0 Å². The molecular weight excluding hydrogens is 286 g/mol. The van der Waals surface area contributed by atoms with Gasteiger partial charge in [0, 0.05) is 23.7 Å². The van der Waals surface area contributed by atoms with Gasteiger partial charge < -0.3 is 10.3 Å². The largest absolute Gasteiger partial charge is 0.361 e. The third-order valence-electron chi connectivity index (χ3n) is 3.66. The zero-order valence-electron chi connectivity index (χ0n) is 12.7. The summed E-state index contributed by atoms with van der Waals surface area (Å²) in [5.41, 5.74) is 8.28. The Morgan fingerprint density at radius 1 is 1.38 bits per heavy atom. The minimum Gasteiger partial charge on any atom is -0.361 e. The van der Waals surface area contributed by atoms with E-state index in [0.29, 0.717) is 6.54 Å². The number of aryl methyl sites for hydroxylation is 1. The zero-order chi connectivity index (χ0) is 15.4. The molecule has 1 aromatic heterocycles. The van der Waals surface area contributed by atoms with Gasteiger partial charge in [-0.3, -0.25) is 4.90 Å². The second-order valence-corrected chi connectivity index (χ2v) is 5.79. The molecule has 2 rings (SSSR count). The summed E-state index contributed by atoms with van der Waals surface area (Å²) in [6.45, 7) is 4.64. The van der Waals surface area contributed by atoms with Gasteiger partial charge in [-0.05, 0) is 32.0 Å². The van der Waals surface area contributed by atoms with Crippen LogP contribution in [-0.4, -0.2) is 23.1 Å². The van der Waals surface area contributed by atoms with Crippen LogP contribution in [-0.2, 0) is 6.54 Å². The molecule has 0 saturated heterocycles. The Balaban J connectivity index is 2.25. The van der Waals surface area contributed by atoms with Crippen LogP contribution in [0.3, 0.4) is 0 Å². The molecule has 4 nitrogen and oxygen atoms in total. The Bertz CT molecular complexity index is 584. The Morgan fingerprint density at radius 2 is 2.10 bits per heavy atom. The van der Waals surface area contributed by atoms with Gasteiger partial charge in [-0.2, -0.15) is 0 Å². The van der Waals surface area contributed by atoms with Crippen LogP contribution in [0.1, 0.15) is 36.4 Å². The molecule has 2 N–H and O–H groups in total. The van der Waals surface area contributed by atoms with Gasteiger partial charge in [0.05, 0.1) is 11.7 Å². The second kappa shape index (κ2) is 7.07. The summed E-state index contributed by atoms with van der Waals surface area (Å²) in [6.07, 6.45) is 0.873. The molecular formula is C16H22ClN3O. The lowest BCUT2D eigenvalue weighted by Gasteiger charge is -2.32.